The summed E-state index contributed by atoms with van der Waals surface area (Å²) in [6, 6.07) is 2.45. The van der Waals surface area contributed by atoms with Crippen molar-refractivity contribution in [3.8, 4) is 0 Å². The van der Waals surface area contributed by atoms with Crippen molar-refractivity contribution in [1.29, 1.82) is 0 Å². The van der Waals surface area contributed by atoms with Crippen molar-refractivity contribution in [2.24, 2.45) is 9.98 Å². The van der Waals surface area contributed by atoms with Crippen LogP contribution in [0.15, 0.2) is 28.7 Å². The number of carbonyl (C=O) groups is 1. The third kappa shape index (κ3) is 3.30. The molecule has 0 unspecified atom stereocenters. The number of aromatic nitrogens is 1. The SMILES string of the molecule is C=CC(=O)NC1CCC(N=C2CN=Cc3[nH]c(Cl)cc32)CC1. The van der Waals surface area contributed by atoms with Gasteiger partial charge in [0.15, 0.2) is 0 Å². The highest BCUT2D eigenvalue weighted by Crippen LogP contribution is 2.24. The number of hydrogen-bond acceptors (Lipinski definition) is 3. The number of carbonyl (C=O) groups excluding carboxylic acids is 1. The molecule has 22 heavy (non-hydrogen) atoms. The Bertz CT molecular complexity index is 639. The lowest BCUT2D eigenvalue weighted by Gasteiger charge is -2.27. The summed E-state index contributed by atoms with van der Waals surface area (Å²) in [5.41, 5.74) is 2.99. The highest BCUT2D eigenvalue weighted by molar-refractivity contribution is 6.30. The number of H-pyrrole nitrogens is 1. The Labute approximate surface area is 134 Å². The summed E-state index contributed by atoms with van der Waals surface area (Å²) in [6.45, 7) is 4.09. The van der Waals surface area contributed by atoms with E-state index in [9.17, 15) is 4.79 Å². The summed E-state index contributed by atoms with van der Waals surface area (Å²) in [4.78, 5) is 23.6. The molecule has 0 radical (unpaired) electrons. The van der Waals surface area contributed by atoms with E-state index < -0.39 is 0 Å². The van der Waals surface area contributed by atoms with Crippen molar-refractivity contribution in [2.45, 2.75) is 37.8 Å². The molecule has 5 nitrogen and oxygen atoms in total. The molecule has 1 aromatic heterocycles. The van der Waals surface area contributed by atoms with Crippen LogP contribution in [0, 0.1) is 0 Å². The molecule has 3 rings (SSSR count). The van der Waals surface area contributed by atoms with E-state index in [4.69, 9.17) is 16.6 Å². The lowest BCUT2D eigenvalue weighted by atomic mass is 9.91. The summed E-state index contributed by atoms with van der Waals surface area (Å²) in [5.74, 6) is -0.0945. The standard InChI is InChI=1S/C16H19ClN4O/c1-2-16(22)20-11-5-3-10(4-6-11)19-13-8-18-9-14-12(13)7-15(17)21-14/h2,7,9-11,21H,1,3-6,8H2,(H,20,22). The molecule has 2 aliphatic rings. The first kappa shape index (κ1) is 15.0. The number of rotatable bonds is 3. The first-order valence-corrected chi connectivity index (χ1v) is 7.92. The van der Waals surface area contributed by atoms with Gasteiger partial charge in [0.25, 0.3) is 0 Å². The average Bonchev–Trinajstić information content (AvgIpc) is 2.90. The van der Waals surface area contributed by atoms with E-state index in [0.717, 1.165) is 42.7 Å². The Kier molecular flexibility index (Phi) is 4.43. The molecule has 1 aromatic rings. The molecule has 116 valence electrons. The van der Waals surface area contributed by atoms with Crippen LogP contribution in [0.2, 0.25) is 5.15 Å². The van der Waals surface area contributed by atoms with Crippen molar-refractivity contribution in [1.82, 2.24) is 10.3 Å². The average molecular weight is 319 g/mol. The number of fused-ring (bicyclic) bond motifs is 1. The van der Waals surface area contributed by atoms with E-state index in [1.807, 2.05) is 12.3 Å². The molecular formula is C16H19ClN4O. The predicted molar refractivity (Wildman–Crippen MR) is 89.2 cm³/mol. The highest BCUT2D eigenvalue weighted by atomic mass is 35.5. The maximum absolute atomic E-state index is 11.3. The van der Waals surface area contributed by atoms with Crippen molar-refractivity contribution >= 4 is 29.4 Å². The largest absolute Gasteiger partial charge is 0.350 e. The number of aromatic amines is 1. The second-order valence-corrected chi connectivity index (χ2v) is 6.12. The Morgan fingerprint density at radius 3 is 2.95 bits per heavy atom. The van der Waals surface area contributed by atoms with Gasteiger partial charge in [-0.1, -0.05) is 18.2 Å². The lowest BCUT2D eigenvalue weighted by molar-refractivity contribution is -0.117. The molecule has 1 aliphatic heterocycles. The minimum atomic E-state index is -0.0945. The first-order chi connectivity index (χ1) is 10.7. The van der Waals surface area contributed by atoms with Crippen LogP contribution in [-0.4, -0.2) is 41.4 Å². The fourth-order valence-electron chi connectivity index (χ4n) is 3.03. The van der Waals surface area contributed by atoms with Gasteiger partial charge in [0.2, 0.25) is 5.91 Å². The van der Waals surface area contributed by atoms with Crippen LogP contribution in [0.1, 0.15) is 36.9 Å². The normalized spacial score (nSPS) is 25.8. The molecule has 1 aliphatic carbocycles. The maximum Gasteiger partial charge on any atom is 0.243 e. The Hall–Kier alpha value is -1.88. The number of amides is 1. The van der Waals surface area contributed by atoms with Gasteiger partial charge in [0.1, 0.15) is 5.15 Å². The maximum atomic E-state index is 11.3. The molecule has 1 fully saturated rings. The topological polar surface area (TPSA) is 69.6 Å². The van der Waals surface area contributed by atoms with Gasteiger partial charge in [0.05, 0.1) is 24.0 Å². The number of aliphatic imine (C=N–C) groups is 2. The third-order valence-electron chi connectivity index (χ3n) is 4.15. The molecule has 0 saturated heterocycles. The Morgan fingerprint density at radius 2 is 2.23 bits per heavy atom. The fraction of sp³-hybridized carbons (Fsp3) is 0.438. The summed E-state index contributed by atoms with van der Waals surface area (Å²) in [7, 11) is 0. The summed E-state index contributed by atoms with van der Waals surface area (Å²) >= 11 is 6.02. The van der Waals surface area contributed by atoms with Gasteiger partial charge in [0, 0.05) is 17.8 Å². The van der Waals surface area contributed by atoms with Gasteiger partial charge in [-0.05, 0) is 37.8 Å². The monoisotopic (exact) mass is 318 g/mol. The van der Waals surface area contributed by atoms with Crippen molar-refractivity contribution in [2.75, 3.05) is 6.54 Å². The molecular weight excluding hydrogens is 300 g/mol. The second kappa shape index (κ2) is 6.48. The van der Waals surface area contributed by atoms with Gasteiger partial charge in [-0.25, -0.2) is 0 Å². The van der Waals surface area contributed by atoms with Gasteiger partial charge in [-0.2, -0.15) is 0 Å². The van der Waals surface area contributed by atoms with Crippen LogP contribution < -0.4 is 5.32 Å². The second-order valence-electron chi connectivity index (χ2n) is 5.71. The van der Waals surface area contributed by atoms with Gasteiger partial charge < -0.3 is 10.3 Å². The molecule has 0 atom stereocenters. The zero-order valence-electron chi connectivity index (χ0n) is 12.3. The van der Waals surface area contributed by atoms with Crippen LogP contribution in [0.3, 0.4) is 0 Å². The lowest BCUT2D eigenvalue weighted by Crippen LogP contribution is -2.37. The Morgan fingerprint density at radius 1 is 1.45 bits per heavy atom. The Balaban J connectivity index is 1.64. The quantitative estimate of drug-likeness (QED) is 0.826. The van der Waals surface area contributed by atoms with E-state index >= 15 is 0 Å². The van der Waals surface area contributed by atoms with Crippen LogP contribution in [0.4, 0.5) is 0 Å². The predicted octanol–water partition coefficient (Wildman–Crippen LogP) is 2.50. The molecule has 1 amide bonds. The van der Waals surface area contributed by atoms with E-state index in [1.54, 1.807) is 0 Å². The zero-order chi connectivity index (χ0) is 15.5. The van der Waals surface area contributed by atoms with Crippen LogP contribution >= 0.6 is 11.6 Å². The zero-order valence-corrected chi connectivity index (χ0v) is 13.1. The van der Waals surface area contributed by atoms with E-state index in [1.165, 1.54) is 6.08 Å². The molecule has 2 heterocycles. The first-order valence-electron chi connectivity index (χ1n) is 7.54. The summed E-state index contributed by atoms with van der Waals surface area (Å²) < 4.78 is 0. The van der Waals surface area contributed by atoms with E-state index in [2.05, 4.69) is 21.9 Å². The smallest absolute Gasteiger partial charge is 0.243 e. The molecule has 0 bridgehead atoms. The van der Waals surface area contributed by atoms with Gasteiger partial charge in [-0.15, -0.1) is 0 Å². The number of halogens is 1. The number of hydrogen-bond donors (Lipinski definition) is 2. The van der Waals surface area contributed by atoms with Crippen molar-refractivity contribution in [3.05, 3.63) is 35.1 Å². The summed E-state index contributed by atoms with van der Waals surface area (Å²) in [5, 5.41) is 3.57. The number of nitrogens with zero attached hydrogens (tertiary/aromatic N) is 2. The minimum absolute atomic E-state index is 0.0945. The molecule has 0 aromatic carbocycles. The van der Waals surface area contributed by atoms with Gasteiger partial charge in [-0.3, -0.25) is 14.8 Å². The molecule has 1 saturated carbocycles. The summed E-state index contributed by atoms with van der Waals surface area (Å²) in [6.07, 6.45) is 6.98. The fourth-order valence-corrected chi connectivity index (χ4v) is 3.24. The minimum Gasteiger partial charge on any atom is -0.350 e. The highest BCUT2D eigenvalue weighted by Gasteiger charge is 2.23. The number of nitrogens with one attached hydrogen (secondary N) is 2. The van der Waals surface area contributed by atoms with Crippen molar-refractivity contribution < 1.29 is 4.79 Å². The molecule has 2 N–H and O–H groups in total. The van der Waals surface area contributed by atoms with Crippen LogP contribution in [0.5, 0.6) is 0 Å². The van der Waals surface area contributed by atoms with Crippen LogP contribution in [-0.2, 0) is 4.79 Å². The third-order valence-corrected chi connectivity index (χ3v) is 4.36. The van der Waals surface area contributed by atoms with Crippen molar-refractivity contribution in [3.63, 3.8) is 0 Å². The molecule has 0 spiro atoms. The van der Waals surface area contributed by atoms with E-state index in [-0.39, 0.29) is 11.9 Å². The molecule has 6 heteroatoms. The van der Waals surface area contributed by atoms with Gasteiger partial charge >= 0.3 is 0 Å². The van der Waals surface area contributed by atoms with E-state index in [0.29, 0.717) is 17.7 Å². The van der Waals surface area contributed by atoms with Crippen LogP contribution in [0.25, 0.3) is 0 Å².